The lowest BCUT2D eigenvalue weighted by atomic mass is 9.77. The van der Waals surface area contributed by atoms with Gasteiger partial charge in [0, 0.05) is 0 Å². The van der Waals surface area contributed by atoms with Crippen LogP contribution in [0.1, 0.15) is 38.3 Å². The number of aromatic nitrogens is 1. The molecule has 1 aliphatic rings. The van der Waals surface area contributed by atoms with E-state index >= 15 is 0 Å². The number of carboxylic acid groups (broad SMARTS) is 1. The Morgan fingerprint density at radius 1 is 1.38 bits per heavy atom. The molecule has 21 heavy (non-hydrogen) atoms. The largest absolute Gasteiger partial charge is 0.480 e. The van der Waals surface area contributed by atoms with E-state index in [4.69, 9.17) is 0 Å². The van der Waals surface area contributed by atoms with Gasteiger partial charge in [-0.05, 0) is 43.7 Å². The van der Waals surface area contributed by atoms with E-state index in [1.807, 2.05) is 6.92 Å². The zero-order valence-corrected chi connectivity index (χ0v) is 11.6. The van der Waals surface area contributed by atoms with Crippen molar-refractivity contribution in [1.29, 1.82) is 0 Å². The van der Waals surface area contributed by atoms with Crippen molar-refractivity contribution in [1.82, 2.24) is 4.98 Å². The first-order chi connectivity index (χ1) is 9.73. The Balaban J connectivity index is 2.24. The Hall–Kier alpha value is -1.79. The number of carboxylic acids is 1. The van der Waals surface area contributed by atoms with Crippen molar-refractivity contribution in [2.24, 2.45) is 5.92 Å². The minimum atomic E-state index is -4.55. The topological polar surface area (TPSA) is 62.2 Å². The maximum atomic E-state index is 12.6. The molecule has 0 aliphatic heterocycles. The molecule has 2 N–H and O–H groups in total. The van der Waals surface area contributed by atoms with Gasteiger partial charge in [0.05, 0.1) is 0 Å². The number of pyridine rings is 1. The maximum absolute atomic E-state index is 12.6. The van der Waals surface area contributed by atoms with Crippen LogP contribution in [0.5, 0.6) is 0 Å². The summed E-state index contributed by atoms with van der Waals surface area (Å²) in [7, 11) is 0. The summed E-state index contributed by atoms with van der Waals surface area (Å²) >= 11 is 0. The van der Waals surface area contributed by atoms with Crippen LogP contribution in [0, 0.1) is 5.92 Å². The summed E-state index contributed by atoms with van der Waals surface area (Å²) in [6.45, 7) is 2.04. The predicted molar refractivity (Wildman–Crippen MR) is 70.9 cm³/mol. The lowest BCUT2D eigenvalue weighted by molar-refractivity contribution is -0.143. The van der Waals surface area contributed by atoms with Crippen molar-refractivity contribution in [2.75, 3.05) is 5.32 Å². The van der Waals surface area contributed by atoms with E-state index in [-0.39, 0.29) is 5.82 Å². The highest BCUT2D eigenvalue weighted by molar-refractivity contribution is 5.82. The number of nitrogens with zero attached hydrogens (tertiary/aromatic N) is 1. The normalized spacial score (nSPS) is 26.4. The van der Waals surface area contributed by atoms with Crippen LogP contribution in [0.4, 0.5) is 19.0 Å². The van der Waals surface area contributed by atoms with Gasteiger partial charge in [0.25, 0.3) is 0 Å². The molecule has 0 spiro atoms. The van der Waals surface area contributed by atoms with Gasteiger partial charge in [-0.15, -0.1) is 0 Å². The van der Waals surface area contributed by atoms with Crippen LogP contribution in [-0.2, 0) is 11.0 Å². The van der Waals surface area contributed by atoms with E-state index in [1.54, 1.807) is 0 Å². The minimum absolute atomic E-state index is 0.0539. The summed E-state index contributed by atoms with van der Waals surface area (Å²) in [4.78, 5) is 15.0. The van der Waals surface area contributed by atoms with Crippen LogP contribution in [0.3, 0.4) is 0 Å². The number of aliphatic carboxylic acids is 1. The van der Waals surface area contributed by atoms with Crippen LogP contribution in [0.2, 0.25) is 0 Å². The van der Waals surface area contributed by atoms with Gasteiger partial charge in [-0.1, -0.05) is 13.0 Å². The Labute approximate surface area is 120 Å². The van der Waals surface area contributed by atoms with Gasteiger partial charge < -0.3 is 10.4 Å². The number of anilines is 1. The molecule has 1 saturated carbocycles. The highest BCUT2D eigenvalue weighted by Gasteiger charge is 2.42. The Kier molecular flexibility index (Phi) is 4.11. The summed E-state index contributed by atoms with van der Waals surface area (Å²) < 4.78 is 37.9. The van der Waals surface area contributed by atoms with Crippen molar-refractivity contribution >= 4 is 11.8 Å². The zero-order chi connectivity index (χ0) is 15.7. The molecular weight excluding hydrogens is 285 g/mol. The second-order valence-corrected chi connectivity index (χ2v) is 5.60. The lowest BCUT2D eigenvalue weighted by Crippen LogP contribution is -2.49. The first-order valence-corrected chi connectivity index (χ1v) is 6.79. The van der Waals surface area contributed by atoms with E-state index in [2.05, 4.69) is 10.3 Å². The molecule has 2 rings (SSSR count). The third kappa shape index (κ3) is 3.46. The summed E-state index contributed by atoms with van der Waals surface area (Å²) in [5.41, 5.74) is -2.26. The summed E-state index contributed by atoms with van der Waals surface area (Å²) in [6.07, 6.45) is -2.35. The Morgan fingerprint density at radius 3 is 2.52 bits per heavy atom. The van der Waals surface area contributed by atoms with Crippen molar-refractivity contribution in [3.8, 4) is 0 Å². The fourth-order valence-corrected chi connectivity index (χ4v) is 2.55. The fraction of sp³-hybridized carbons (Fsp3) is 0.571. The molecule has 1 aliphatic carbocycles. The number of hydrogen-bond acceptors (Lipinski definition) is 3. The molecule has 116 valence electrons. The van der Waals surface area contributed by atoms with Crippen LogP contribution >= 0.6 is 0 Å². The highest BCUT2D eigenvalue weighted by Crippen LogP contribution is 2.35. The Bertz CT molecular complexity index is 523. The molecule has 1 heterocycles. The lowest BCUT2D eigenvalue weighted by Gasteiger charge is -2.36. The molecular formula is C14H17F3N2O2. The van der Waals surface area contributed by atoms with Gasteiger partial charge in [0.15, 0.2) is 0 Å². The van der Waals surface area contributed by atoms with Gasteiger partial charge in [-0.3, -0.25) is 0 Å². The monoisotopic (exact) mass is 302 g/mol. The summed E-state index contributed by atoms with van der Waals surface area (Å²) in [5, 5.41) is 12.2. The molecule has 0 aromatic carbocycles. The second-order valence-electron chi connectivity index (χ2n) is 5.60. The standard InChI is InChI=1S/C14H17F3N2O2/c1-9-5-7-13(8-6-9,12(20)21)19-11-4-2-3-10(18-11)14(15,16)17/h2-4,9H,5-8H2,1H3,(H,18,19)(H,20,21). The first-order valence-electron chi connectivity index (χ1n) is 6.79. The first kappa shape index (κ1) is 15.6. The minimum Gasteiger partial charge on any atom is -0.480 e. The van der Waals surface area contributed by atoms with E-state index in [0.29, 0.717) is 18.8 Å². The van der Waals surface area contributed by atoms with Crippen molar-refractivity contribution in [3.63, 3.8) is 0 Å². The summed E-state index contributed by atoms with van der Waals surface area (Å²) in [5.74, 6) is -0.677. The third-order valence-electron chi connectivity index (χ3n) is 3.94. The molecule has 0 atom stereocenters. The number of carbonyl (C=O) groups is 1. The second kappa shape index (κ2) is 5.54. The van der Waals surface area contributed by atoms with Crippen LogP contribution in [0.25, 0.3) is 0 Å². The zero-order valence-electron chi connectivity index (χ0n) is 11.6. The molecule has 1 aromatic rings. The number of nitrogens with one attached hydrogen (secondary N) is 1. The SMILES string of the molecule is CC1CCC(Nc2cccc(C(F)(F)F)n2)(C(=O)O)CC1. The Morgan fingerprint density at radius 2 is 2.00 bits per heavy atom. The fourth-order valence-electron chi connectivity index (χ4n) is 2.55. The molecule has 0 amide bonds. The van der Waals surface area contributed by atoms with E-state index < -0.39 is 23.4 Å². The van der Waals surface area contributed by atoms with Gasteiger partial charge in [0.1, 0.15) is 17.1 Å². The molecule has 1 aromatic heterocycles. The number of halogens is 3. The number of alkyl halides is 3. The van der Waals surface area contributed by atoms with Crippen LogP contribution < -0.4 is 5.32 Å². The van der Waals surface area contributed by atoms with Crippen LogP contribution in [-0.4, -0.2) is 21.6 Å². The molecule has 7 heteroatoms. The van der Waals surface area contributed by atoms with Gasteiger partial charge in [-0.2, -0.15) is 13.2 Å². The molecule has 4 nitrogen and oxygen atoms in total. The van der Waals surface area contributed by atoms with Crippen molar-refractivity contribution in [3.05, 3.63) is 23.9 Å². The third-order valence-corrected chi connectivity index (χ3v) is 3.94. The predicted octanol–water partition coefficient (Wildman–Crippen LogP) is 3.55. The highest BCUT2D eigenvalue weighted by atomic mass is 19.4. The quantitative estimate of drug-likeness (QED) is 0.896. The molecule has 0 unspecified atom stereocenters. The average molecular weight is 302 g/mol. The van der Waals surface area contributed by atoms with Crippen molar-refractivity contribution in [2.45, 2.75) is 44.3 Å². The van der Waals surface area contributed by atoms with E-state index in [0.717, 1.165) is 18.9 Å². The maximum Gasteiger partial charge on any atom is 0.433 e. The van der Waals surface area contributed by atoms with E-state index in [1.165, 1.54) is 12.1 Å². The van der Waals surface area contributed by atoms with Crippen molar-refractivity contribution < 1.29 is 23.1 Å². The number of rotatable bonds is 3. The molecule has 0 radical (unpaired) electrons. The van der Waals surface area contributed by atoms with E-state index in [9.17, 15) is 23.1 Å². The average Bonchev–Trinajstić information content (AvgIpc) is 2.41. The molecule has 1 fully saturated rings. The van der Waals surface area contributed by atoms with Gasteiger partial charge in [-0.25, -0.2) is 9.78 Å². The van der Waals surface area contributed by atoms with Gasteiger partial charge in [0.2, 0.25) is 0 Å². The van der Waals surface area contributed by atoms with Crippen LogP contribution in [0.15, 0.2) is 18.2 Å². The smallest absolute Gasteiger partial charge is 0.433 e. The number of hydrogen-bond donors (Lipinski definition) is 2. The van der Waals surface area contributed by atoms with Gasteiger partial charge >= 0.3 is 12.1 Å². The summed E-state index contributed by atoms with van der Waals surface area (Å²) in [6, 6.07) is 3.44. The molecule has 0 saturated heterocycles. The molecule has 0 bridgehead atoms.